The number of anilines is 1. The molecule has 18 heavy (non-hydrogen) atoms. The highest BCUT2D eigenvalue weighted by Crippen LogP contribution is 2.26. The number of halogens is 1. The molecule has 0 bridgehead atoms. The smallest absolute Gasteiger partial charge is 0.150 e. The summed E-state index contributed by atoms with van der Waals surface area (Å²) in [5.74, 6) is 1.34. The Bertz CT molecular complexity index is 395. The van der Waals surface area contributed by atoms with Crippen LogP contribution in [0.2, 0.25) is 0 Å². The number of nitrogens with zero attached hydrogens (tertiary/aromatic N) is 1. The lowest BCUT2D eigenvalue weighted by atomic mass is 9.86. The highest BCUT2D eigenvalue weighted by atomic mass is 19.1. The molecule has 0 aromatic heterocycles. The van der Waals surface area contributed by atoms with E-state index in [1.165, 1.54) is 12.8 Å². The first-order valence-electron chi connectivity index (χ1n) is 6.83. The molecule has 1 fully saturated rings. The van der Waals surface area contributed by atoms with E-state index in [2.05, 4.69) is 18.7 Å². The van der Waals surface area contributed by atoms with Gasteiger partial charge in [-0.25, -0.2) is 4.39 Å². The van der Waals surface area contributed by atoms with Crippen LogP contribution in [0.25, 0.3) is 0 Å². The molecule has 1 heterocycles. The van der Waals surface area contributed by atoms with Crippen LogP contribution < -0.4 is 5.73 Å². The van der Waals surface area contributed by atoms with Crippen molar-refractivity contribution in [3.8, 4) is 0 Å². The second-order valence-electron chi connectivity index (χ2n) is 5.68. The van der Waals surface area contributed by atoms with E-state index in [1.807, 2.05) is 12.1 Å². The van der Waals surface area contributed by atoms with Gasteiger partial charge < -0.3 is 5.73 Å². The van der Waals surface area contributed by atoms with Crippen LogP contribution in [-0.4, -0.2) is 18.0 Å². The Morgan fingerprint density at radius 3 is 2.61 bits per heavy atom. The monoisotopic (exact) mass is 250 g/mol. The van der Waals surface area contributed by atoms with Gasteiger partial charge in [0, 0.05) is 12.1 Å². The molecule has 0 amide bonds. The number of benzene rings is 1. The highest BCUT2D eigenvalue weighted by molar-refractivity contribution is 5.42. The van der Waals surface area contributed by atoms with E-state index in [0.717, 1.165) is 30.5 Å². The van der Waals surface area contributed by atoms with Gasteiger partial charge in [0.1, 0.15) is 0 Å². The average Bonchev–Trinajstić information content (AvgIpc) is 2.36. The molecule has 0 aliphatic carbocycles. The van der Waals surface area contributed by atoms with Crippen LogP contribution in [0, 0.1) is 17.7 Å². The summed E-state index contributed by atoms with van der Waals surface area (Å²) < 4.78 is 13.8. The number of nitrogens with two attached hydrogens (primary N) is 1. The van der Waals surface area contributed by atoms with E-state index >= 15 is 0 Å². The summed E-state index contributed by atoms with van der Waals surface area (Å²) >= 11 is 0. The van der Waals surface area contributed by atoms with Gasteiger partial charge in [0.25, 0.3) is 0 Å². The Morgan fingerprint density at radius 2 is 2.00 bits per heavy atom. The Balaban J connectivity index is 1.94. The summed E-state index contributed by atoms with van der Waals surface area (Å²) in [5.41, 5.74) is 6.57. The molecule has 1 aromatic carbocycles. The third-order valence-electron chi connectivity index (χ3n) is 4.08. The normalized spacial score (nSPS) is 18.4. The van der Waals surface area contributed by atoms with Crippen molar-refractivity contribution in [3.63, 3.8) is 0 Å². The van der Waals surface area contributed by atoms with Crippen molar-refractivity contribution in [2.24, 2.45) is 11.8 Å². The molecule has 3 heteroatoms. The van der Waals surface area contributed by atoms with Gasteiger partial charge in [0.15, 0.2) is 5.82 Å². The third-order valence-corrected chi connectivity index (χ3v) is 4.08. The Morgan fingerprint density at radius 1 is 1.33 bits per heavy atom. The molecule has 2 nitrogen and oxygen atoms in total. The molecular formula is C15H23FN2. The molecule has 0 unspecified atom stereocenters. The fraction of sp³-hybridized carbons (Fsp3) is 0.600. The second kappa shape index (κ2) is 5.70. The fourth-order valence-electron chi connectivity index (χ4n) is 2.74. The fourth-order valence-corrected chi connectivity index (χ4v) is 2.74. The third kappa shape index (κ3) is 3.02. The lowest BCUT2D eigenvalue weighted by Crippen LogP contribution is -2.35. The highest BCUT2D eigenvalue weighted by Gasteiger charge is 2.22. The molecule has 0 radical (unpaired) electrons. The Labute approximate surface area is 109 Å². The van der Waals surface area contributed by atoms with Crippen LogP contribution in [-0.2, 0) is 6.54 Å². The van der Waals surface area contributed by atoms with Gasteiger partial charge in [-0.3, -0.25) is 4.90 Å². The van der Waals surface area contributed by atoms with Crippen LogP contribution in [0.3, 0.4) is 0 Å². The number of likely N-dealkylation sites (tertiary alicyclic amines) is 1. The molecule has 2 rings (SSSR count). The first-order valence-corrected chi connectivity index (χ1v) is 6.83. The Kier molecular flexibility index (Phi) is 4.23. The van der Waals surface area contributed by atoms with Gasteiger partial charge in [-0.05, 0) is 43.8 Å². The van der Waals surface area contributed by atoms with Crippen molar-refractivity contribution in [3.05, 3.63) is 29.6 Å². The van der Waals surface area contributed by atoms with Gasteiger partial charge in [0.05, 0.1) is 5.69 Å². The van der Waals surface area contributed by atoms with Crippen molar-refractivity contribution in [1.29, 1.82) is 0 Å². The molecule has 1 aliphatic rings. The second-order valence-corrected chi connectivity index (χ2v) is 5.68. The summed E-state index contributed by atoms with van der Waals surface area (Å²) in [6.07, 6.45) is 2.45. The molecule has 1 aliphatic heterocycles. The van der Waals surface area contributed by atoms with Crippen LogP contribution in [0.15, 0.2) is 18.2 Å². The minimum absolute atomic E-state index is 0.247. The summed E-state index contributed by atoms with van der Waals surface area (Å²) in [6, 6.07) is 5.28. The van der Waals surface area contributed by atoms with Crippen LogP contribution in [0.1, 0.15) is 32.3 Å². The molecule has 0 atom stereocenters. The summed E-state index contributed by atoms with van der Waals surface area (Å²) in [5, 5.41) is 0. The minimum atomic E-state index is -0.247. The number of nitrogen functional groups attached to an aromatic ring is 1. The molecule has 100 valence electrons. The topological polar surface area (TPSA) is 29.3 Å². The maximum Gasteiger partial charge on any atom is 0.150 e. The first-order chi connectivity index (χ1) is 8.58. The molecule has 0 saturated carbocycles. The lowest BCUT2D eigenvalue weighted by molar-refractivity contribution is 0.150. The summed E-state index contributed by atoms with van der Waals surface area (Å²) in [4.78, 5) is 2.33. The predicted octanol–water partition coefficient (Wildman–Crippen LogP) is 3.28. The maximum atomic E-state index is 13.8. The number of piperidine rings is 1. The maximum absolute atomic E-state index is 13.8. The SMILES string of the molecule is CC(C)C1CCN(Cc2cccc(N)c2F)CC1. The number of hydrogen-bond donors (Lipinski definition) is 1. The van der Waals surface area contributed by atoms with E-state index < -0.39 is 0 Å². The van der Waals surface area contributed by atoms with Crippen molar-refractivity contribution < 1.29 is 4.39 Å². The molecule has 2 N–H and O–H groups in total. The predicted molar refractivity (Wildman–Crippen MR) is 73.7 cm³/mol. The Hall–Kier alpha value is -1.09. The van der Waals surface area contributed by atoms with Crippen LogP contribution in [0.5, 0.6) is 0 Å². The summed E-state index contributed by atoms with van der Waals surface area (Å²) in [6.45, 7) is 7.39. The van der Waals surface area contributed by atoms with Gasteiger partial charge in [0.2, 0.25) is 0 Å². The van der Waals surface area contributed by atoms with Gasteiger partial charge in [-0.2, -0.15) is 0 Å². The zero-order valence-electron chi connectivity index (χ0n) is 11.3. The van der Waals surface area contributed by atoms with Gasteiger partial charge in [-0.1, -0.05) is 26.0 Å². The van der Waals surface area contributed by atoms with Crippen molar-refractivity contribution in [2.75, 3.05) is 18.8 Å². The number of hydrogen-bond acceptors (Lipinski definition) is 2. The molecular weight excluding hydrogens is 227 g/mol. The van der Waals surface area contributed by atoms with Crippen molar-refractivity contribution in [2.45, 2.75) is 33.2 Å². The van der Waals surface area contributed by atoms with Crippen molar-refractivity contribution in [1.82, 2.24) is 4.90 Å². The first kappa shape index (κ1) is 13.3. The van der Waals surface area contributed by atoms with Crippen LogP contribution >= 0.6 is 0 Å². The van der Waals surface area contributed by atoms with Crippen molar-refractivity contribution >= 4 is 5.69 Å². The molecule has 1 saturated heterocycles. The minimum Gasteiger partial charge on any atom is -0.396 e. The quantitative estimate of drug-likeness (QED) is 0.834. The zero-order chi connectivity index (χ0) is 13.1. The van der Waals surface area contributed by atoms with E-state index in [0.29, 0.717) is 6.54 Å². The largest absolute Gasteiger partial charge is 0.396 e. The standard InChI is InChI=1S/C15H23FN2/c1-11(2)12-6-8-18(9-7-12)10-13-4-3-5-14(17)15(13)16/h3-5,11-12H,6-10,17H2,1-2H3. The summed E-state index contributed by atoms with van der Waals surface area (Å²) in [7, 11) is 0. The van der Waals surface area contributed by atoms with Gasteiger partial charge in [-0.15, -0.1) is 0 Å². The molecule has 0 spiro atoms. The van der Waals surface area contributed by atoms with E-state index in [-0.39, 0.29) is 11.5 Å². The van der Waals surface area contributed by atoms with E-state index in [1.54, 1.807) is 6.07 Å². The zero-order valence-corrected chi connectivity index (χ0v) is 11.3. The lowest BCUT2D eigenvalue weighted by Gasteiger charge is -2.33. The number of rotatable bonds is 3. The van der Waals surface area contributed by atoms with E-state index in [9.17, 15) is 4.39 Å². The van der Waals surface area contributed by atoms with Gasteiger partial charge >= 0.3 is 0 Å². The average molecular weight is 250 g/mol. The molecule has 1 aromatic rings. The van der Waals surface area contributed by atoms with Crippen LogP contribution in [0.4, 0.5) is 10.1 Å². The van der Waals surface area contributed by atoms with E-state index in [4.69, 9.17) is 5.73 Å².